The highest BCUT2D eigenvalue weighted by Crippen LogP contribution is 2.29. The minimum atomic E-state index is -4.47. The fourth-order valence-electron chi connectivity index (χ4n) is 2.40. The van der Waals surface area contributed by atoms with Crippen molar-refractivity contribution in [2.24, 2.45) is 0 Å². The number of aromatic nitrogens is 2. The molecule has 0 spiro atoms. The highest BCUT2D eigenvalue weighted by molar-refractivity contribution is 6.28. The third-order valence-electron chi connectivity index (χ3n) is 3.70. The lowest BCUT2D eigenvalue weighted by Gasteiger charge is -2.14. The number of carbonyl (C=O) groups is 1. The van der Waals surface area contributed by atoms with Crippen LogP contribution in [0.5, 0.6) is 0 Å². The summed E-state index contributed by atoms with van der Waals surface area (Å²) in [5, 5.41) is 4.24. The minimum Gasteiger partial charge on any atom is -0.383 e. The van der Waals surface area contributed by atoms with Crippen molar-refractivity contribution in [2.45, 2.75) is 26.1 Å². The number of halogens is 3. The Morgan fingerprint density at radius 2 is 1.70 bits per heavy atom. The second-order valence-electron chi connectivity index (χ2n) is 6.51. The van der Waals surface area contributed by atoms with Crippen molar-refractivity contribution in [3.05, 3.63) is 69.8 Å². The summed E-state index contributed by atoms with van der Waals surface area (Å²) >= 11 is 0. The number of hydrogen-bond acceptors (Lipinski definition) is 4. The summed E-state index contributed by atoms with van der Waals surface area (Å²) in [4.78, 5) is 26.4. The first-order valence-corrected chi connectivity index (χ1v) is 8.21. The molecule has 0 bridgehead atoms. The van der Waals surface area contributed by atoms with Crippen LogP contribution in [0.1, 0.15) is 41.5 Å². The average molecular weight is 379 g/mol. The Morgan fingerprint density at radius 3 is 2.19 bits per heavy atom. The maximum Gasteiger partial charge on any atom is 0.416 e. The zero-order valence-electron chi connectivity index (χ0n) is 15.4. The van der Waals surface area contributed by atoms with Gasteiger partial charge in [-0.1, -0.05) is 12.1 Å². The van der Waals surface area contributed by atoms with E-state index < -0.39 is 17.5 Å². The van der Waals surface area contributed by atoms with Crippen molar-refractivity contribution in [3.63, 3.8) is 0 Å². The first-order valence-electron chi connectivity index (χ1n) is 8.21. The van der Waals surface area contributed by atoms with Crippen LogP contribution in [0.15, 0.2) is 47.4 Å². The molecule has 2 aromatic rings. The molecule has 0 atom stereocenters. The largest absolute Gasteiger partial charge is 0.416 e. The van der Waals surface area contributed by atoms with Crippen LogP contribution >= 0.6 is 0 Å². The number of ketones is 1. The lowest BCUT2D eigenvalue weighted by Crippen LogP contribution is -2.25. The third-order valence-corrected chi connectivity index (χ3v) is 3.70. The molecule has 0 radical (unpaired) electrons. The van der Waals surface area contributed by atoms with Gasteiger partial charge in [-0.15, -0.1) is 0 Å². The topological polar surface area (TPSA) is 55.2 Å². The Kier molecular flexibility index (Phi) is 5.88. The molecule has 0 N–H and O–H groups in total. The van der Waals surface area contributed by atoms with Crippen LogP contribution in [0.3, 0.4) is 0 Å². The number of hydrogen-bond donors (Lipinski definition) is 0. The Labute approximate surface area is 154 Å². The van der Waals surface area contributed by atoms with E-state index in [0.29, 0.717) is 0 Å². The predicted octanol–water partition coefficient (Wildman–Crippen LogP) is 3.63. The van der Waals surface area contributed by atoms with Crippen molar-refractivity contribution in [3.8, 4) is 0 Å². The lowest BCUT2D eigenvalue weighted by atomic mass is 10.00. The molecule has 1 heterocycles. The maximum atomic E-state index is 12.9. The van der Waals surface area contributed by atoms with Crippen LogP contribution in [-0.2, 0) is 6.18 Å². The second kappa shape index (κ2) is 7.77. The van der Waals surface area contributed by atoms with Gasteiger partial charge < -0.3 is 4.90 Å². The van der Waals surface area contributed by atoms with Gasteiger partial charge in [-0.2, -0.15) is 18.3 Å². The standard InChI is InChI=1S/C19H20F3N3O2/c1-12(2)25-17(26)10-9-16(23-25)15(11-24(3)4)18(27)13-5-7-14(8-6-13)19(20,21)22/h5-12H,1-4H3. The monoisotopic (exact) mass is 379 g/mol. The molecule has 27 heavy (non-hydrogen) atoms. The molecule has 0 amide bonds. The summed E-state index contributed by atoms with van der Waals surface area (Å²) in [6, 6.07) is 6.52. The molecule has 5 nitrogen and oxygen atoms in total. The molecule has 0 aliphatic carbocycles. The SMILES string of the molecule is CC(C)n1nc(C(=CN(C)C)C(=O)c2ccc(C(F)(F)F)cc2)ccc1=O. The highest BCUT2D eigenvalue weighted by atomic mass is 19.4. The fourth-order valence-corrected chi connectivity index (χ4v) is 2.40. The summed E-state index contributed by atoms with van der Waals surface area (Å²) in [6.07, 6.45) is -2.95. The van der Waals surface area contributed by atoms with Crippen LogP contribution in [0, 0.1) is 0 Å². The number of nitrogens with zero attached hydrogens (tertiary/aromatic N) is 3. The van der Waals surface area contributed by atoms with Crippen molar-refractivity contribution < 1.29 is 18.0 Å². The first kappa shape index (κ1) is 20.4. The molecule has 1 aromatic heterocycles. The highest BCUT2D eigenvalue weighted by Gasteiger charge is 2.30. The number of alkyl halides is 3. The molecule has 144 valence electrons. The molecule has 0 saturated carbocycles. The van der Waals surface area contributed by atoms with E-state index in [2.05, 4.69) is 5.10 Å². The van der Waals surface area contributed by atoms with Gasteiger partial charge in [-0.05, 0) is 32.0 Å². The number of rotatable bonds is 5. The van der Waals surface area contributed by atoms with Crippen LogP contribution in [0.4, 0.5) is 13.2 Å². The molecule has 0 aliphatic rings. The molecule has 0 aliphatic heterocycles. The van der Waals surface area contributed by atoms with E-state index in [9.17, 15) is 22.8 Å². The average Bonchev–Trinajstić information content (AvgIpc) is 2.58. The third kappa shape index (κ3) is 4.84. The van der Waals surface area contributed by atoms with Crippen molar-refractivity contribution in [2.75, 3.05) is 14.1 Å². The summed E-state index contributed by atoms with van der Waals surface area (Å²) in [6.45, 7) is 3.57. The molecule has 0 saturated heterocycles. The van der Waals surface area contributed by atoms with Gasteiger partial charge in [-0.3, -0.25) is 9.59 Å². The van der Waals surface area contributed by atoms with Gasteiger partial charge in [0.1, 0.15) is 0 Å². The van der Waals surface area contributed by atoms with E-state index in [4.69, 9.17) is 0 Å². The van der Waals surface area contributed by atoms with Gasteiger partial charge in [0.2, 0.25) is 0 Å². The lowest BCUT2D eigenvalue weighted by molar-refractivity contribution is -0.137. The molecule has 0 fully saturated rings. The van der Waals surface area contributed by atoms with Gasteiger partial charge in [-0.25, -0.2) is 4.68 Å². The van der Waals surface area contributed by atoms with Gasteiger partial charge in [0.15, 0.2) is 5.78 Å². The van der Waals surface area contributed by atoms with Crippen molar-refractivity contribution in [1.29, 1.82) is 0 Å². The summed E-state index contributed by atoms with van der Waals surface area (Å²) < 4.78 is 39.4. The molecule has 8 heteroatoms. The second-order valence-corrected chi connectivity index (χ2v) is 6.51. The minimum absolute atomic E-state index is 0.0974. The summed E-state index contributed by atoms with van der Waals surface area (Å²) in [7, 11) is 3.41. The quantitative estimate of drug-likeness (QED) is 0.588. The van der Waals surface area contributed by atoms with E-state index >= 15 is 0 Å². The number of benzene rings is 1. The van der Waals surface area contributed by atoms with E-state index in [1.54, 1.807) is 32.8 Å². The molecular formula is C19H20F3N3O2. The molecule has 2 rings (SSSR count). The summed E-state index contributed by atoms with van der Waals surface area (Å²) in [5.41, 5.74) is -0.597. The fraction of sp³-hybridized carbons (Fsp3) is 0.316. The van der Waals surface area contributed by atoms with Crippen LogP contribution < -0.4 is 5.56 Å². The van der Waals surface area contributed by atoms with Gasteiger partial charge >= 0.3 is 6.18 Å². The van der Waals surface area contributed by atoms with E-state index in [1.807, 2.05) is 0 Å². The molecular weight excluding hydrogens is 359 g/mol. The van der Waals surface area contributed by atoms with Gasteiger partial charge in [0.25, 0.3) is 5.56 Å². The smallest absolute Gasteiger partial charge is 0.383 e. The number of Topliss-reactive ketones (excluding diaryl/α,β-unsaturated/α-hetero) is 1. The van der Waals surface area contributed by atoms with E-state index in [1.165, 1.54) is 23.0 Å². The van der Waals surface area contributed by atoms with E-state index in [-0.39, 0.29) is 28.4 Å². The zero-order valence-corrected chi connectivity index (χ0v) is 15.4. The first-order chi connectivity index (χ1) is 12.5. The van der Waals surface area contributed by atoms with Gasteiger partial charge in [0, 0.05) is 31.9 Å². The maximum absolute atomic E-state index is 12.9. The normalized spacial score (nSPS) is 12.4. The van der Waals surface area contributed by atoms with Crippen molar-refractivity contribution in [1.82, 2.24) is 14.7 Å². The summed E-state index contributed by atoms with van der Waals surface area (Å²) in [5.74, 6) is -0.487. The Morgan fingerprint density at radius 1 is 1.11 bits per heavy atom. The number of allylic oxidation sites excluding steroid dienone is 1. The molecule has 1 aromatic carbocycles. The Bertz CT molecular complexity index is 911. The van der Waals surface area contributed by atoms with Crippen molar-refractivity contribution >= 4 is 11.4 Å². The predicted molar refractivity (Wildman–Crippen MR) is 96.3 cm³/mol. The van der Waals surface area contributed by atoms with Crippen LogP contribution in [0.2, 0.25) is 0 Å². The van der Waals surface area contributed by atoms with Crippen LogP contribution in [0.25, 0.3) is 5.57 Å². The number of carbonyl (C=O) groups excluding carboxylic acids is 1. The van der Waals surface area contributed by atoms with E-state index in [0.717, 1.165) is 24.3 Å². The Balaban J connectivity index is 2.50. The molecule has 0 unspecified atom stereocenters. The zero-order chi connectivity index (χ0) is 20.4. The van der Waals surface area contributed by atoms with Crippen LogP contribution in [-0.4, -0.2) is 34.6 Å². The Hall–Kier alpha value is -2.90. The van der Waals surface area contributed by atoms with Gasteiger partial charge in [0.05, 0.1) is 22.9 Å².